The quantitative estimate of drug-likeness (QED) is 0.750. The Labute approximate surface area is 153 Å². The van der Waals surface area contributed by atoms with E-state index in [4.69, 9.17) is 0 Å². The topological polar surface area (TPSA) is 87.8 Å². The van der Waals surface area contributed by atoms with E-state index in [1.807, 2.05) is 41.9 Å². The lowest BCUT2D eigenvalue weighted by Gasteiger charge is -2.11. The third kappa shape index (κ3) is 3.21. The molecule has 0 aliphatic rings. The molecule has 0 aliphatic carbocycles. The van der Waals surface area contributed by atoms with Crippen molar-refractivity contribution in [1.82, 2.24) is 14.3 Å². The van der Waals surface area contributed by atoms with E-state index in [2.05, 4.69) is 15.8 Å². The highest BCUT2D eigenvalue weighted by Gasteiger charge is 2.18. The molecule has 0 radical (unpaired) electrons. The van der Waals surface area contributed by atoms with Gasteiger partial charge in [-0.3, -0.25) is 4.98 Å². The summed E-state index contributed by atoms with van der Waals surface area (Å²) in [5.74, 6) is 0. The molecule has 0 aliphatic heterocycles. The van der Waals surface area contributed by atoms with Crippen LogP contribution in [0.3, 0.4) is 0 Å². The van der Waals surface area contributed by atoms with Gasteiger partial charge in [0.25, 0.3) is 0 Å². The number of rotatable bonds is 5. The molecule has 6 nitrogen and oxygen atoms in total. The van der Waals surface area contributed by atoms with E-state index in [9.17, 15) is 13.7 Å². The SMILES string of the molecule is CC(C)S(=O)(=O)NCc1cncc(-c2c(C#N)c3ccccc3n2C)c1. The summed E-state index contributed by atoms with van der Waals surface area (Å²) in [6.45, 7) is 3.42. The summed E-state index contributed by atoms with van der Waals surface area (Å²) in [4.78, 5) is 4.24. The van der Waals surface area contributed by atoms with E-state index in [0.717, 1.165) is 27.7 Å². The van der Waals surface area contributed by atoms with Gasteiger partial charge in [0, 0.05) is 42.5 Å². The van der Waals surface area contributed by atoms with Crippen LogP contribution in [0.15, 0.2) is 42.7 Å². The number of hydrogen-bond acceptors (Lipinski definition) is 4. The smallest absolute Gasteiger partial charge is 0.214 e. The second kappa shape index (κ2) is 6.90. The van der Waals surface area contributed by atoms with Crippen molar-refractivity contribution in [3.8, 4) is 17.3 Å². The third-order valence-corrected chi connectivity index (χ3v) is 6.17. The van der Waals surface area contributed by atoms with Crippen molar-refractivity contribution in [2.45, 2.75) is 25.6 Å². The van der Waals surface area contributed by atoms with Gasteiger partial charge in [-0.2, -0.15) is 5.26 Å². The van der Waals surface area contributed by atoms with Crippen molar-refractivity contribution in [2.24, 2.45) is 7.05 Å². The van der Waals surface area contributed by atoms with Crippen LogP contribution in [-0.2, 0) is 23.6 Å². The number of hydrogen-bond donors (Lipinski definition) is 1. The van der Waals surface area contributed by atoms with Gasteiger partial charge in [0.2, 0.25) is 10.0 Å². The summed E-state index contributed by atoms with van der Waals surface area (Å²) < 4.78 is 28.5. The molecule has 1 N–H and O–H groups in total. The molecule has 1 aromatic carbocycles. The maximum Gasteiger partial charge on any atom is 0.214 e. The first kappa shape index (κ1) is 18.1. The van der Waals surface area contributed by atoms with E-state index < -0.39 is 15.3 Å². The predicted octanol–water partition coefficient (Wildman–Crippen LogP) is 2.94. The minimum Gasteiger partial charge on any atom is -0.342 e. The molecular formula is C19H20N4O2S. The highest BCUT2D eigenvalue weighted by Crippen LogP contribution is 2.32. The second-order valence-corrected chi connectivity index (χ2v) is 8.73. The number of sulfonamides is 1. The van der Waals surface area contributed by atoms with Crippen LogP contribution < -0.4 is 4.72 Å². The molecule has 0 spiro atoms. The first-order chi connectivity index (χ1) is 12.3. The molecule has 0 saturated heterocycles. The highest BCUT2D eigenvalue weighted by molar-refractivity contribution is 7.90. The number of nitrogens with one attached hydrogen (secondary N) is 1. The van der Waals surface area contributed by atoms with Crippen LogP contribution in [0.1, 0.15) is 25.0 Å². The Hall–Kier alpha value is -2.69. The van der Waals surface area contributed by atoms with E-state index in [-0.39, 0.29) is 6.54 Å². The third-order valence-electron chi connectivity index (χ3n) is 4.39. The van der Waals surface area contributed by atoms with Crippen molar-refractivity contribution >= 4 is 20.9 Å². The number of pyridine rings is 1. The summed E-state index contributed by atoms with van der Waals surface area (Å²) in [5, 5.41) is 10.0. The lowest BCUT2D eigenvalue weighted by Crippen LogP contribution is -2.30. The van der Waals surface area contributed by atoms with Crippen LogP contribution in [0.2, 0.25) is 0 Å². The summed E-state index contributed by atoms with van der Waals surface area (Å²) in [7, 11) is -1.44. The lowest BCUT2D eigenvalue weighted by molar-refractivity contribution is 0.572. The normalized spacial score (nSPS) is 11.8. The molecule has 0 amide bonds. The molecule has 2 aromatic heterocycles. The van der Waals surface area contributed by atoms with Gasteiger partial charge in [0.05, 0.1) is 16.5 Å². The number of aromatic nitrogens is 2. The minimum absolute atomic E-state index is 0.160. The molecule has 0 bridgehead atoms. The zero-order chi connectivity index (χ0) is 18.9. The molecule has 0 atom stereocenters. The van der Waals surface area contributed by atoms with Gasteiger partial charge in [0.15, 0.2) is 0 Å². The predicted molar refractivity (Wildman–Crippen MR) is 102 cm³/mol. The zero-order valence-corrected chi connectivity index (χ0v) is 15.7. The Morgan fingerprint density at radius 1 is 1.27 bits per heavy atom. The first-order valence-electron chi connectivity index (χ1n) is 8.25. The number of benzene rings is 1. The molecule has 2 heterocycles. The van der Waals surface area contributed by atoms with Crippen molar-refractivity contribution in [1.29, 1.82) is 5.26 Å². The molecule has 0 saturated carbocycles. The van der Waals surface area contributed by atoms with Crippen LogP contribution in [0.4, 0.5) is 0 Å². The van der Waals surface area contributed by atoms with Crippen LogP contribution in [0.5, 0.6) is 0 Å². The zero-order valence-electron chi connectivity index (χ0n) is 14.9. The number of aryl methyl sites for hydroxylation is 1. The van der Waals surface area contributed by atoms with Gasteiger partial charge < -0.3 is 4.57 Å². The van der Waals surface area contributed by atoms with Gasteiger partial charge >= 0.3 is 0 Å². The monoisotopic (exact) mass is 368 g/mol. The Kier molecular flexibility index (Phi) is 4.81. The van der Waals surface area contributed by atoms with Crippen LogP contribution in [0, 0.1) is 11.3 Å². The fraction of sp³-hybridized carbons (Fsp3) is 0.263. The van der Waals surface area contributed by atoms with Gasteiger partial charge in [-0.15, -0.1) is 0 Å². The van der Waals surface area contributed by atoms with Crippen molar-refractivity contribution in [3.05, 3.63) is 53.9 Å². The van der Waals surface area contributed by atoms with Crippen molar-refractivity contribution < 1.29 is 8.42 Å². The first-order valence-corrected chi connectivity index (χ1v) is 9.80. The standard InChI is InChI=1S/C19H20N4O2S/c1-13(2)26(24,25)22-11-14-8-15(12-21-10-14)19-17(9-20)16-6-4-5-7-18(16)23(19)3/h4-8,10,12-13,22H,11H2,1-3H3. The van der Waals surface area contributed by atoms with Crippen LogP contribution in [0.25, 0.3) is 22.2 Å². The highest BCUT2D eigenvalue weighted by atomic mass is 32.2. The summed E-state index contributed by atoms with van der Waals surface area (Å²) >= 11 is 0. The van der Waals surface area contributed by atoms with E-state index in [1.54, 1.807) is 26.2 Å². The van der Waals surface area contributed by atoms with Gasteiger partial charge in [-0.1, -0.05) is 18.2 Å². The molecule has 7 heteroatoms. The van der Waals surface area contributed by atoms with Gasteiger partial charge in [0.1, 0.15) is 6.07 Å². The average molecular weight is 368 g/mol. The fourth-order valence-electron chi connectivity index (χ4n) is 2.91. The van der Waals surface area contributed by atoms with Crippen LogP contribution in [-0.4, -0.2) is 23.2 Å². The van der Waals surface area contributed by atoms with Crippen molar-refractivity contribution in [2.75, 3.05) is 0 Å². The summed E-state index contributed by atoms with van der Waals surface area (Å²) in [6.07, 6.45) is 3.32. The maximum absolute atomic E-state index is 12.0. The van der Waals surface area contributed by atoms with Crippen molar-refractivity contribution in [3.63, 3.8) is 0 Å². The molecule has 3 aromatic rings. The lowest BCUT2D eigenvalue weighted by atomic mass is 10.1. The Balaban J connectivity index is 2.03. The Morgan fingerprint density at radius 3 is 2.69 bits per heavy atom. The van der Waals surface area contributed by atoms with E-state index in [0.29, 0.717) is 5.56 Å². The summed E-state index contributed by atoms with van der Waals surface area (Å²) in [6, 6.07) is 11.9. The second-order valence-electron chi connectivity index (χ2n) is 6.41. The number of nitrogens with zero attached hydrogens (tertiary/aromatic N) is 3. The van der Waals surface area contributed by atoms with Gasteiger partial charge in [-0.05, 0) is 31.5 Å². The number of para-hydroxylation sites is 1. The Morgan fingerprint density at radius 2 is 2.00 bits per heavy atom. The molecule has 0 fully saturated rings. The average Bonchev–Trinajstić information content (AvgIpc) is 2.92. The molecule has 0 unspecified atom stereocenters. The Bertz CT molecular complexity index is 1110. The van der Waals surface area contributed by atoms with E-state index >= 15 is 0 Å². The maximum atomic E-state index is 12.0. The number of fused-ring (bicyclic) bond motifs is 1. The van der Waals surface area contributed by atoms with Crippen LogP contribution >= 0.6 is 0 Å². The molecule has 26 heavy (non-hydrogen) atoms. The largest absolute Gasteiger partial charge is 0.342 e. The number of nitriles is 1. The molecule has 3 rings (SSSR count). The molecular weight excluding hydrogens is 348 g/mol. The summed E-state index contributed by atoms with van der Waals surface area (Å²) in [5.41, 5.74) is 3.84. The van der Waals surface area contributed by atoms with Gasteiger partial charge in [-0.25, -0.2) is 13.1 Å². The minimum atomic E-state index is -3.35. The van der Waals surface area contributed by atoms with E-state index in [1.165, 1.54) is 0 Å². The molecule has 134 valence electrons. The fourth-order valence-corrected chi connectivity index (χ4v) is 3.61.